The zero-order valence-electron chi connectivity index (χ0n) is 10.3. The highest BCUT2D eigenvalue weighted by Crippen LogP contribution is 2.33. The highest BCUT2D eigenvalue weighted by molar-refractivity contribution is 7.18. The molecule has 3 nitrogen and oxygen atoms in total. The fourth-order valence-corrected chi connectivity index (χ4v) is 3.98. The predicted octanol–water partition coefficient (Wildman–Crippen LogP) is 3.82. The summed E-state index contributed by atoms with van der Waals surface area (Å²) >= 11 is 7.73. The molecule has 0 aromatic carbocycles. The van der Waals surface area contributed by atoms with Gasteiger partial charge >= 0.3 is 0 Å². The third-order valence-electron chi connectivity index (χ3n) is 3.71. The van der Waals surface area contributed by atoms with Gasteiger partial charge in [-0.05, 0) is 36.6 Å². The number of rotatable bonds is 3. The van der Waals surface area contributed by atoms with Crippen molar-refractivity contribution in [3.05, 3.63) is 17.3 Å². The van der Waals surface area contributed by atoms with Crippen molar-refractivity contribution in [2.45, 2.75) is 32.2 Å². The minimum atomic E-state index is 0.461. The van der Waals surface area contributed by atoms with Gasteiger partial charge < -0.3 is 5.32 Å². The second-order valence-corrected chi connectivity index (χ2v) is 6.10. The van der Waals surface area contributed by atoms with Crippen LogP contribution in [0.2, 0.25) is 0 Å². The van der Waals surface area contributed by atoms with Crippen LogP contribution in [0.5, 0.6) is 0 Å². The fourth-order valence-electron chi connectivity index (χ4n) is 2.66. The number of aromatic nitrogens is 2. The number of aryl methyl sites for hydroxylation is 1. The van der Waals surface area contributed by atoms with Crippen molar-refractivity contribution in [3.63, 3.8) is 0 Å². The molecule has 5 heteroatoms. The number of hydrogen-bond acceptors (Lipinski definition) is 4. The Hall–Kier alpha value is -0.870. The van der Waals surface area contributed by atoms with E-state index in [9.17, 15) is 0 Å². The van der Waals surface area contributed by atoms with Gasteiger partial charge in [0.1, 0.15) is 12.1 Å². The second kappa shape index (κ2) is 5.02. The van der Waals surface area contributed by atoms with Gasteiger partial charge in [0.05, 0.1) is 10.2 Å². The molecule has 0 aliphatic heterocycles. The third-order valence-corrected chi connectivity index (χ3v) is 5.20. The first-order chi connectivity index (χ1) is 8.79. The highest BCUT2D eigenvalue weighted by Gasteiger charge is 2.27. The van der Waals surface area contributed by atoms with Crippen LogP contribution in [0.3, 0.4) is 0 Å². The third kappa shape index (κ3) is 2.08. The number of thiophene rings is 1. The molecule has 2 heterocycles. The van der Waals surface area contributed by atoms with E-state index in [2.05, 4.69) is 27.6 Å². The van der Waals surface area contributed by atoms with Crippen molar-refractivity contribution < 1.29 is 0 Å². The van der Waals surface area contributed by atoms with E-state index < -0.39 is 0 Å². The van der Waals surface area contributed by atoms with Crippen molar-refractivity contribution in [3.8, 4) is 0 Å². The molecule has 0 spiro atoms. The maximum Gasteiger partial charge on any atom is 0.147 e. The smallest absolute Gasteiger partial charge is 0.147 e. The van der Waals surface area contributed by atoms with Gasteiger partial charge in [-0.25, -0.2) is 9.97 Å². The van der Waals surface area contributed by atoms with Gasteiger partial charge in [-0.2, -0.15) is 0 Å². The molecule has 18 heavy (non-hydrogen) atoms. The monoisotopic (exact) mass is 281 g/mol. The molecule has 1 saturated carbocycles. The fraction of sp³-hybridized carbons (Fsp3) is 0.538. The second-order valence-electron chi connectivity index (χ2n) is 4.91. The van der Waals surface area contributed by atoms with E-state index >= 15 is 0 Å². The lowest BCUT2D eigenvalue weighted by Gasteiger charge is -2.19. The van der Waals surface area contributed by atoms with Crippen LogP contribution in [0.4, 0.5) is 5.82 Å². The summed E-state index contributed by atoms with van der Waals surface area (Å²) in [6.07, 6.45) is 5.31. The maximum atomic E-state index is 6.02. The Morgan fingerprint density at radius 3 is 3.17 bits per heavy atom. The zero-order valence-corrected chi connectivity index (χ0v) is 11.9. The molecule has 0 radical (unpaired) electrons. The zero-order chi connectivity index (χ0) is 12.5. The lowest BCUT2D eigenvalue weighted by atomic mass is 10.1. The number of halogens is 1. The Labute approximate surface area is 116 Å². The molecule has 2 aromatic rings. The molecule has 0 bridgehead atoms. The van der Waals surface area contributed by atoms with Crippen LogP contribution in [-0.4, -0.2) is 21.9 Å². The first kappa shape index (κ1) is 12.2. The Morgan fingerprint density at radius 1 is 1.44 bits per heavy atom. The lowest BCUT2D eigenvalue weighted by molar-refractivity contribution is 0.561. The SMILES string of the molecule is Cc1csc2c(NC3CCCC3CCl)ncnc12. The lowest BCUT2D eigenvalue weighted by Crippen LogP contribution is -2.25. The maximum absolute atomic E-state index is 6.02. The summed E-state index contributed by atoms with van der Waals surface area (Å²) in [7, 11) is 0. The van der Waals surface area contributed by atoms with Crippen molar-refractivity contribution in [1.82, 2.24) is 9.97 Å². The molecule has 3 rings (SSSR count). The molecule has 0 saturated heterocycles. The van der Waals surface area contributed by atoms with Gasteiger partial charge in [-0.3, -0.25) is 0 Å². The number of alkyl halides is 1. The van der Waals surface area contributed by atoms with E-state index in [1.807, 2.05) is 0 Å². The minimum absolute atomic E-state index is 0.461. The molecular weight excluding hydrogens is 266 g/mol. The van der Waals surface area contributed by atoms with Gasteiger partial charge in [0.15, 0.2) is 0 Å². The van der Waals surface area contributed by atoms with Crippen LogP contribution < -0.4 is 5.32 Å². The average molecular weight is 282 g/mol. The quantitative estimate of drug-likeness (QED) is 0.869. The minimum Gasteiger partial charge on any atom is -0.366 e. The summed E-state index contributed by atoms with van der Waals surface area (Å²) in [5.74, 6) is 2.27. The normalized spacial score (nSPS) is 23.7. The van der Waals surface area contributed by atoms with Gasteiger partial charge in [-0.15, -0.1) is 22.9 Å². The molecule has 2 aromatic heterocycles. The molecular formula is C13H16ClN3S. The summed E-state index contributed by atoms with van der Waals surface area (Å²) < 4.78 is 1.16. The van der Waals surface area contributed by atoms with Gasteiger partial charge in [0, 0.05) is 11.9 Å². The van der Waals surface area contributed by atoms with Crippen LogP contribution in [0.15, 0.2) is 11.7 Å². The van der Waals surface area contributed by atoms with Crippen LogP contribution in [0.1, 0.15) is 24.8 Å². The molecule has 2 atom stereocenters. The number of nitrogens with one attached hydrogen (secondary N) is 1. The molecule has 1 aliphatic carbocycles. The molecule has 1 fully saturated rings. The first-order valence-corrected chi connectivity index (χ1v) is 7.72. The van der Waals surface area contributed by atoms with Gasteiger partial charge in [0.25, 0.3) is 0 Å². The summed E-state index contributed by atoms with van der Waals surface area (Å²) in [6.45, 7) is 2.09. The van der Waals surface area contributed by atoms with E-state index in [1.165, 1.54) is 24.8 Å². The molecule has 2 unspecified atom stereocenters. The summed E-state index contributed by atoms with van der Waals surface area (Å²) in [4.78, 5) is 8.75. The van der Waals surface area contributed by atoms with Crippen molar-refractivity contribution in [2.75, 3.05) is 11.2 Å². The predicted molar refractivity (Wildman–Crippen MR) is 77.6 cm³/mol. The number of nitrogens with zero attached hydrogens (tertiary/aromatic N) is 2. The Balaban J connectivity index is 1.90. The van der Waals surface area contributed by atoms with Crippen molar-refractivity contribution in [1.29, 1.82) is 0 Å². The number of fused-ring (bicyclic) bond motifs is 1. The van der Waals surface area contributed by atoms with Crippen molar-refractivity contribution in [2.24, 2.45) is 5.92 Å². The van der Waals surface area contributed by atoms with Crippen LogP contribution in [0, 0.1) is 12.8 Å². The highest BCUT2D eigenvalue weighted by atomic mass is 35.5. The Morgan fingerprint density at radius 2 is 2.33 bits per heavy atom. The summed E-state index contributed by atoms with van der Waals surface area (Å²) in [5.41, 5.74) is 2.29. The van der Waals surface area contributed by atoms with Gasteiger partial charge in [-0.1, -0.05) is 6.42 Å². The van der Waals surface area contributed by atoms with Gasteiger partial charge in [0.2, 0.25) is 0 Å². The van der Waals surface area contributed by atoms with E-state index in [0.717, 1.165) is 21.9 Å². The van der Waals surface area contributed by atoms with E-state index in [4.69, 9.17) is 11.6 Å². The number of hydrogen-bond donors (Lipinski definition) is 1. The summed E-state index contributed by atoms with van der Waals surface area (Å²) in [5, 5.41) is 5.71. The first-order valence-electron chi connectivity index (χ1n) is 6.31. The van der Waals surface area contributed by atoms with E-state index in [1.54, 1.807) is 17.7 Å². The molecule has 1 aliphatic rings. The van der Waals surface area contributed by atoms with Crippen LogP contribution in [-0.2, 0) is 0 Å². The number of anilines is 1. The average Bonchev–Trinajstić information content (AvgIpc) is 2.98. The largest absolute Gasteiger partial charge is 0.366 e. The van der Waals surface area contributed by atoms with Crippen LogP contribution >= 0.6 is 22.9 Å². The van der Waals surface area contributed by atoms with Crippen LogP contribution in [0.25, 0.3) is 10.2 Å². The Bertz CT molecular complexity index is 554. The van der Waals surface area contributed by atoms with Crippen molar-refractivity contribution >= 4 is 39.0 Å². The van der Waals surface area contributed by atoms with E-state index in [-0.39, 0.29) is 0 Å². The van der Waals surface area contributed by atoms with E-state index in [0.29, 0.717) is 12.0 Å². The summed E-state index contributed by atoms with van der Waals surface area (Å²) in [6, 6.07) is 0.461. The molecule has 1 N–H and O–H groups in total. The molecule has 0 amide bonds. The molecule has 96 valence electrons. The topological polar surface area (TPSA) is 37.8 Å². The Kier molecular flexibility index (Phi) is 3.39. The standard InChI is InChI=1S/C13H16ClN3S/c1-8-6-18-12-11(8)15-7-16-13(12)17-10-4-2-3-9(10)5-14/h6-7,9-10H,2-5H2,1H3,(H,15,16,17).